The molecule has 1 aromatic heterocycles. The van der Waals surface area contributed by atoms with Crippen LogP contribution in [0.3, 0.4) is 0 Å². The number of carboxylic acids is 1. The van der Waals surface area contributed by atoms with Crippen LogP contribution in [0.4, 0.5) is 13.2 Å². The number of benzene rings is 1. The first kappa shape index (κ1) is 13.8. The molecule has 0 radical (unpaired) electrons. The van der Waals surface area contributed by atoms with E-state index in [0.29, 0.717) is 5.03 Å². The molecule has 0 aliphatic heterocycles. The van der Waals surface area contributed by atoms with E-state index < -0.39 is 23.8 Å². The molecule has 102 valence electrons. The fourth-order valence-corrected chi connectivity index (χ4v) is 2.67. The van der Waals surface area contributed by atoms with E-state index in [-0.39, 0.29) is 0 Å². The molecule has 2 aromatic rings. The number of para-hydroxylation sites is 1. The maximum absolute atomic E-state index is 12.5. The Kier molecular flexibility index (Phi) is 3.75. The van der Waals surface area contributed by atoms with Crippen LogP contribution in [0.15, 0.2) is 35.4 Å². The topological polar surface area (TPSA) is 53.1 Å². The number of halogens is 3. The molecule has 1 atom stereocenters. The lowest BCUT2D eigenvalue weighted by atomic mass is 10.2. The normalized spacial score (nSPS) is 13.6. The highest BCUT2D eigenvalue weighted by Gasteiger charge is 2.44. The van der Waals surface area contributed by atoms with E-state index in [1.807, 2.05) is 18.2 Å². The Labute approximate surface area is 110 Å². The number of thioether (sulfide) groups is 1. The van der Waals surface area contributed by atoms with Crippen LogP contribution in [-0.4, -0.2) is 28.0 Å². The van der Waals surface area contributed by atoms with Gasteiger partial charge in [-0.1, -0.05) is 18.2 Å². The molecular formula is C12H10F3NO2S. The summed E-state index contributed by atoms with van der Waals surface area (Å²) < 4.78 is 37.4. The zero-order valence-electron chi connectivity index (χ0n) is 9.57. The van der Waals surface area contributed by atoms with Crippen LogP contribution in [0.25, 0.3) is 10.9 Å². The van der Waals surface area contributed by atoms with Crippen molar-refractivity contribution in [2.75, 3.05) is 5.75 Å². The monoisotopic (exact) mass is 289 g/mol. The fraction of sp³-hybridized carbons (Fsp3) is 0.250. The van der Waals surface area contributed by atoms with Crippen LogP contribution in [-0.2, 0) is 4.79 Å². The Hall–Kier alpha value is -1.63. The van der Waals surface area contributed by atoms with Crippen molar-refractivity contribution in [3.63, 3.8) is 0 Å². The second-order valence-electron chi connectivity index (χ2n) is 3.96. The average Bonchev–Trinajstić information content (AvgIpc) is 2.69. The molecule has 0 bridgehead atoms. The Bertz CT molecular complexity index is 561. The van der Waals surface area contributed by atoms with Crippen LogP contribution in [0.2, 0.25) is 0 Å². The molecule has 3 nitrogen and oxygen atoms in total. The van der Waals surface area contributed by atoms with Gasteiger partial charge in [0.25, 0.3) is 0 Å². The van der Waals surface area contributed by atoms with Crippen molar-refractivity contribution in [1.82, 2.24) is 4.98 Å². The number of carbonyl (C=O) groups is 1. The van der Waals surface area contributed by atoms with Crippen molar-refractivity contribution in [2.45, 2.75) is 11.2 Å². The highest BCUT2D eigenvalue weighted by atomic mass is 32.2. The first-order valence-corrected chi connectivity index (χ1v) is 6.36. The summed E-state index contributed by atoms with van der Waals surface area (Å²) in [6.45, 7) is 0. The Balaban J connectivity index is 2.10. The number of rotatable bonds is 4. The minimum atomic E-state index is -4.73. The first-order chi connectivity index (χ1) is 8.88. The molecule has 19 heavy (non-hydrogen) atoms. The number of carboxylic acid groups (broad SMARTS) is 1. The number of hydrogen-bond donors (Lipinski definition) is 2. The van der Waals surface area contributed by atoms with Gasteiger partial charge in [0, 0.05) is 16.7 Å². The summed E-state index contributed by atoms with van der Waals surface area (Å²) in [5, 5.41) is 9.99. The molecular weight excluding hydrogens is 279 g/mol. The van der Waals surface area contributed by atoms with E-state index in [1.54, 1.807) is 12.1 Å². The van der Waals surface area contributed by atoms with Crippen molar-refractivity contribution in [3.05, 3.63) is 30.3 Å². The fourth-order valence-electron chi connectivity index (χ4n) is 1.60. The van der Waals surface area contributed by atoms with Gasteiger partial charge >= 0.3 is 12.1 Å². The maximum Gasteiger partial charge on any atom is 0.403 e. The minimum absolute atomic E-state index is 0.525. The average molecular weight is 289 g/mol. The van der Waals surface area contributed by atoms with E-state index in [1.165, 1.54) is 0 Å². The first-order valence-electron chi connectivity index (χ1n) is 5.38. The van der Waals surface area contributed by atoms with E-state index in [2.05, 4.69) is 4.98 Å². The largest absolute Gasteiger partial charge is 0.481 e. The third kappa shape index (κ3) is 3.23. The van der Waals surface area contributed by atoms with Crippen molar-refractivity contribution < 1.29 is 23.1 Å². The van der Waals surface area contributed by atoms with Gasteiger partial charge in [-0.05, 0) is 12.1 Å². The van der Waals surface area contributed by atoms with Crippen LogP contribution >= 0.6 is 11.8 Å². The lowest BCUT2D eigenvalue weighted by molar-refractivity contribution is -0.188. The van der Waals surface area contributed by atoms with Crippen LogP contribution < -0.4 is 0 Å². The molecule has 0 spiro atoms. The van der Waals surface area contributed by atoms with Crippen LogP contribution in [0.5, 0.6) is 0 Å². The van der Waals surface area contributed by atoms with Crippen molar-refractivity contribution in [3.8, 4) is 0 Å². The minimum Gasteiger partial charge on any atom is -0.481 e. The lowest BCUT2D eigenvalue weighted by Gasteiger charge is -2.14. The van der Waals surface area contributed by atoms with Crippen molar-refractivity contribution in [2.24, 2.45) is 5.92 Å². The summed E-state index contributed by atoms with van der Waals surface area (Å²) in [6.07, 6.45) is -4.73. The number of aliphatic carboxylic acids is 1. The number of alkyl halides is 3. The summed E-state index contributed by atoms with van der Waals surface area (Å²) >= 11 is 0.853. The van der Waals surface area contributed by atoms with Crippen molar-refractivity contribution >= 4 is 28.6 Å². The lowest BCUT2D eigenvalue weighted by Crippen LogP contribution is -2.32. The molecule has 1 unspecified atom stereocenters. The third-order valence-electron chi connectivity index (χ3n) is 2.60. The second kappa shape index (κ2) is 5.16. The zero-order chi connectivity index (χ0) is 14.0. The van der Waals surface area contributed by atoms with Crippen molar-refractivity contribution in [1.29, 1.82) is 0 Å². The summed E-state index contributed by atoms with van der Waals surface area (Å²) in [5.74, 6) is -4.76. The SMILES string of the molecule is O=C(O)C(CSc1cc2ccccc2[nH]1)C(F)(F)F. The number of fused-ring (bicyclic) bond motifs is 1. The quantitative estimate of drug-likeness (QED) is 0.847. The van der Waals surface area contributed by atoms with Gasteiger partial charge in [0.05, 0.1) is 5.03 Å². The molecule has 2 N–H and O–H groups in total. The van der Waals surface area contributed by atoms with E-state index in [9.17, 15) is 18.0 Å². The van der Waals surface area contributed by atoms with Gasteiger partial charge in [0.15, 0.2) is 5.92 Å². The summed E-state index contributed by atoms with van der Waals surface area (Å²) in [7, 11) is 0. The molecule has 1 aromatic carbocycles. The highest BCUT2D eigenvalue weighted by Crippen LogP contribution is 2.32. The van der Waals surface area contributed by atoms with Gasteiger partial charge in [-0.3, -0.25) is 4.79 Å². The second-order valence-corrected chi connectivity index (χ2v) is 5.03. The molecule has 0 fully saturated rings. The predicted octanol–water partition coefficient (Wildman–Crippen LogP) is 3.52. The molecule has 0 saturated carbocycles. The van der Waals surface area contributed by atoms with Gasteiger partial charge in [0.1, 0.15) is 0 Å². The predicted molar refractivity (Wildman–Crippen MR) is 66.2 cm³/mol. The smallest absolute Gasteiger partial charge is 0.403 e. The van der Waals surface area contributed by atoms with E-state index in [0.717, 1.165) is 22.7 Å². The molecule has 0 aliphatic rings. The molecule has 0 aliphatic carbocycles. The molecule has 7 heteroatoms. The van der Waals surface area contributed by atoms with Gasteiger partial charge in [-0.15, -0.1) is 11.8 Å². The summed E-state index contributed by atoms with van der Waals surface area (Å²) in [5.41, 5.74) is 0.809. The number of hydrogen-bond acceptors (Lipinski definition) is 2. The third-order valence-corrected chi connectivity index (χ3v) is 3.63. The van der Waals surface area contributed by atoms with Gasteiger partial charge < -0.3 is 10.1 Å². The number of aromatic amines is 1. The Morgan fingerprint density at radius 3 is 2.63 bits per heavy atom. The molecule has 2 rings (SSSR count). The van der Waals surface area contributed by atoms with Gasteiger partial charge in [-0.2, -0.15) is 13.2 Å². The standard InChI is InChI=1S/C12H10F3NO2S/c13-12(14,15)8(11(17)18)6-19-10-5-7-3-1-2-4-9(7)16-10/h1-5,8,16H,6H2,(H,17,18). The number of H-pyrrole nitrogens is 1. The Morgan fingerprint density at radius 2 is 2.05 bits per heavy atom. The highest BCUT2D eigenvalue weighted by molar-refractivity contribution is 7.99. The molecule has 0 saturated heterocycles. The van der Waals surface area contributed by atoms with E-state index in [4.69, 9.17) is 5.11 Å². The number of aromatic nitrogens is 1. The molecule has 0 amide bonds. The van der Waals surface area contributed by atoms with Gasteiger partial charge in [-0.25, -0.2) is 0 Å². The van der Waals surface area contributed by atoms with Crippen LogP contribution in [0, 0.1) is 5.92 Å². The number of nitrogens with one attached hydrogen (secondary N) is 1. The Morgan fingerprint density at radius 1 is 1.37 bits per heavy atom. The summed E-state index contributed by atoms with van der Waals surface area (Å²) in [4.78, 5) is 13.5. The van der Waals surface area contributed by atoms with Crippen LogP contribution in [0.1, 0.15) is 0 Å². The maximum atomic E-state index is 12.5. The zero-order valence-corrected chi connectivity index (χ0v) is 10.4. The van der Waals surface area contributed by atoms with Gasteiger partial charge in [0.2, 0.25) is 0 Å². The molecule has 1 heterocycles. The summed E-state index contributed by atoms with van der Waals surface area (Å²) in [6, 6.07) is 8.96. The van der Waals surface area contributed by atoms with E-state index >= 15 is 0 Å².